The molecule has 1 heterocycles. The fraction of sp³-hybridized carbons (Fsp3) is 0.0833. The molecule has 0 saturated heterocycles. The Kier molecular flexibility index (Phi) is 4.16. The van der Waals surface area contributed by atoms with Crippen molar-refractivity contribution in [3.05, 3.63) is 55.1 Å². The summed E-state index contributed by atoms with van der Waals surface area (Å²) in [6.45, 7) is 1.89. The number of rotatable bonds is 3. The Balaban J connectivity index is 2.40. The highest BCUT2D eigenvalue weighted by molar-refractivity contribution is 9.10. The first-order valence-electron chi connectivity index (χ1n) is 5.21. The molecule has 2 aromatic rings. The minimum absolute atomic E-state index is 0.122. The zero-order valence-electron chi connectivity index (χ0n) is 9.76. The van der Waals surface area contributed by atoms with Gasteiger partial charge in [-0.2, -0.15) is 0 Å². The summed E-state index contributed by atoms with van der Waals surface area (Å²) in [6.07, 6.45) is 1.63. The van der Waals surface area contributed by atoms with Crippen molar-refractivity contribution in [1.82, 2.24) is 4.98 Å². The van der Waals surface area contributed by atoms with Crippen LogP contribution in [-0.4, -0.2) is 9.91 Å². The van der Waals surface area contributed by atoms with Crippen molar-refractivity contribution in [1.29, 1.82) is 0 Å². The van der Waals surface area contributed by atoms with Gasteiger partial charge in [0, 0.05) is 16.7 Å². The average molecular weight is 388 g/mol. The molecule has 0 amide bonds. The second-order valence-electron chi connectivity index (χ2n) is 3.77. The van der Waals surface area contributed by atoms with Gasteiger partial charge >= 0.3 is 5.69 Å². The first kappa shape index (κ1) is 14.0. The molecule has 1 aromatic heterocycles. The van der Waals surface area contributed by atoms with Gasteiger partial charge in [-0.25, -0.2) is 4.98 Å². The second kappa shape index (κ2) is 5.66. The van der Waals surface area contributed by atoms with Crippen molar-refractivity contribution in [3.63, 3.8) is 0 Å². The molecule has 0 N–H and O–H groups in total. The van der Waals surface area contributed by atoms with Crippen molar-refractivity contribution in [2.24, 2.45) is 0 Å². The van der Waals surface area contributed by atoms with E-state index in [9.17, 15) is 10.1 Å². The first-order valence-corrected chi connectivity index (χ1v) is 6.80. The van der Waals surface area contributed by atoms with E-state index in [4.69, 9.17) is 4.74 Å². The lowest BCUT2D eigenvalue weighted by molar-refractivity contribution is -0.385. The van der Waals surface area contributed by atoms with Gasteiger partial charge in [-0.3, -0.25) is 10.1 Å². The van der Waals surface area contributed by atoms with Crippen LogP contribution in [0.15, 0.2) is 39.4 Å². The molecular weight excluding hydrogens is 380 g/mol. The van der Waals surface area contributed by atoms with Crippen LogP contribution in [0, 0.1) is 17.0 Å². The van der Waals surface area contributed by atoms with Gasteiger partial charge in [-0.05, 0) is 46.6 Å². The number of nitrogens with zero attached hydrogens (tertiary/aromatic N) is 2. The molecule has 2 rings (SSSR count). The molecule has 0 fully saturated rings. The van der Waals surface area contributed by atoms with Crippen LogP contribution in [0.2, 0.25) is 0 Å². The van der Waals surface area contributed by atoms with Crippen molar-refractivity contribution in [2.75, 3.05) is 0 Å². The van der Waals surface area contributed by atoms with Gasteiger partial charge in [0.25, 0.3) is 0 Å². The number of halogens is 2. The summed E-state index contributed by atoms with van der Waals surface area (Å²) in [5.74, 6) is 0.432. The number of aryl methyl sites for hydroxylation is 1. The Morgan fingerprint density at radius 1 is 1.32 bits per heavy atom. The third kappa shape index (κ3) is 3.30. The van der Waals surface area contributed by atoms with Gasteiger partial charge in [0.2, 0.25) is 11.6 Å². The highest BCUT2D eigenvalue weighted by atomic mass is 79.9. The lowest BCUT2D eigenvalue weighted by atomic mass is 10.3. The van der Waals surface area contributed by atoms with Crippen LogP contribution < -0.4 is 4.74 Å². The zero-order chi connectivity index (χ0) is 14.0. The minimum Gasteiger partial charge on any atom is -0.431 e. The fourth-order valence-corrected chi connectivity index (χ4v) is 2.31. The Labute approximate surface area is 126 Å². The van der Waals surface area contributed by atoms with Crippen LogP contribution >= 0.6 is 31.9 Å². The number of nitro groups is 1. The van der Waals surface area contributed by atoms with E-state index in [0.29, 0.717) is 8.95 Å². The van der Waals surface area contributed by atoms with Gasteiger partial charge in [0.15, 0.2) is 0 Å². The molecule has 0 aliphatic carbocycles. The van der Waals surface area contributed by atoms with E-state index >= 15 is 0 Å². The molecule has 0 saturated carbocycles. The molecule has 5 nitrogen and oxygen atoms in total. The van der Waals surface area contributed by atoms with Gasteiger partial charge in [0.1, 0.15) is 0 Å². The highest BCUT2D eigenvalue weighted by Crippen LogP contribution is 2.35. The largest absolute Gasteiger partial charge is 0.431 e. The van der Waals surface area contributed by atoms with E-state index in [1.54, 1.807) is 12.3 Å². The van der Waals surface area contributed by atoms with E-state index in [2.05, 4.69) is 36.8 Å². The van der Waals surface area contributed by atoms with E-state index in [1.807, 2.05) is 13.0 Å². The summed E-state index contributed by atoms with van der Waals surface area (Å²) >= 11 is 6.50. The Bertz CT molecular complexity index is 647. The molecule has 0 radical (unpaired) electrons. The lowest BCUT2D eigenvalue weighted by Gasteiger charge is -2.07. The normalized spacial score (nSPS) is 10.3. The predicted molar refractivity (Wildman–Crippen MR) is 77.5 cm³/mol. The first-order chi connectivity index (χ1) is 8.97. The highest BCUT2D eigenvalue weighted by Gasteiger charge is 2.17. The lowest BCUT2D eigenvalue weighted by Crippen LogP contribution is -1.95. The monoisotopic (exact) mass is 386 g/mol. The summed E-state index contributed by atoms with van der Waals surface area (Å²) in [4.78, 5) is 14.6. The summed E-state index contributed by atoms with van der Waals surface area (Å²) in [5, 5.41) is 11.0. The molecule has 0 bridgehead atoms. The second-order valence-corrected chi connectivity index (χ2v) is 5.54. The zero-order valence-corrected chi connectivity index (χ0v) is 12.9. The maximum atomic E-state index is 11.0. The number of nitro benzene ring substituents is 1. The number of aromatic nitrogens is 1. The molecule has 19 heavy (non-hydrogen) atoms. The fourth-order valence-electron chi connectivity index (χ4n) is 1.42. The van der Waals surface area contributed by atoms with E-state index in [-0.39, 0.29) is 17.3 Å². The van der Waals surface area contributed by atoms with Gasteiger partial charge in [-0.15, -0.1) is 0 Å². The van der Waals surface area contributed by atoms with Crippen LogP contribution in [0.25, 0.3) is 0 Å². The number of hydrogen-bond acceptors (Lipinski definition) is 4. The van der Waals surface area contributed by atoms with Crippen molar-refractivity contribution >= 4 is 37.5 Å². The third-order valence-electron chi connectivity index (χ3n) is 2.27. The SMILES string of the molecule is Cc1cnc(Oc2ccc(Br)cc2[N+](=O)[O-])c(Br)c1. The maximum absolute atomic E-state index is 11.0. The summed E-state index contributed by atoms with van der Waals surface area (Å²) < 4.78 is 6.75. The van der Waals surface area contributed by atoms with Crippen LogP contribution in [0.1, 0.15) is 5.56 Å². The van der Waals surface area contributed by atoms with Crippen molar-refractivity contribution in [2.45, 2.75) is 6.92 Å². The smallest absolute Gasteiger partial charge is 0.312 e. The molecule has 0 aliphatic rings. The number of benzene rings is 1. The van der Waals surface area contributed by atoms with Crippen LogP contribution in [0.3, 0.4) is 0 Å². The third-order valence-corrected chi connectivity index (χ3v) is 3.33. The topological polar surface area (TPSA) is 65.3 Å². The van der Waals surface area contributed by atoms with Gasteiger partial charge in [0.05, 0.1) is 9.40 Å². The molecule has 0 spiro atoms. The predicted octanol–water partition coefficient (Wildman–Crippen LogP) is 4.62. The van der Waals surface area contributed by atoms with Crippen LogP contribution in [0.5, 0.6) is 11.6 Å². The average Bonchev–Trinajstić information content (AvgIpc) is 2.34. The van der Waals surface area contributed by atoms with Gasteiger partial charge < -0.3 is 4.74 Å². The molecule has 7 heteroatoms. The maximum Gasteiger partial charge on any atom is 0.312 e. The Morgan fingerprint density at radius 2 is 2.05 bits per heavy atom. The Hall–Kier alpha value is -1.47. The number of pyridine rings is 1. The molecule has 0 unspecified atom stereocenters. The van der Waals surface area contributed by atoms with Crippen molar-refractivity contribution < 1.29 is 9.66 Å². The van der Waals surface area contributed by atoms with E-state index in [1.165, 1.54) is 12.1 Å². The van der Waals surface area contributed by atoms with Crippen LogP contribution in [0.4, 0.5) is 5.69 Å². The van der Waals surface area contributed by atoms with Crippen LogP contribution in [-0.2, 0) is 0 Å². The summed E-state index contributed by atoms with van der Waals surface area (Å²) in [6, 6.07) is 6.41. The summed E-state index contributed by atoms with van der Waals surface area (Å²) in [5.41, 5.74) is 0.841. The molecule has 1 aromatic carbocycles. The minimum atomic E-state index is -0.498. The van der Waals surface area contributed by atoms with E-state index < -0.39 is 4.92 Å². The standard InChI is InChI=1S/C12H8Br2N2O3/c1-7-4-9(14)12(15-6-7)19-11-3-2-8(13)5-10(11)16(17)18/h2-6H,1H3. The molecule has 0 aliphatic heterocycles. The Morgan fingerprint density at radius 3 is 2.68 bits per heavy atom. The van der Waals surface area contributed by atoms with Gasteiger partial charge in [-0.1, -0.05) is 15.9 Å². The quantitative estimate of drug-likeness (QED) is 0.569. The molecular formula is C12H8Br2N2O3. The van der Waals surface area contributed by atoms with Crippen molar-refractivity contribution in [3.8, 4) is 11.6 Å². The number of ether oxygens (including phenoxy) is 1. The van der Waals surface area contributed by atoms with E-state index in [0.717, 1.165) is 5.56 Å². The summed E-state index contributed by atoms with van der Waals surface area (Å²) in [7, 11) is 0. The number of hydrogen-bond donors (Lipinski definition) is 0. The molecule has 98 valence electrons. The molecule has 0 atom stereocenters.